The molecule has 1 aliphatic rings. The average Bonchev–Trinajstić information content (AvgIpc) is 3.25. The Kier molecular flexibility index (Phi) is 4.78. The van der Waals surface area contributed by atoms with Crippen LogP contribution in [0.1, 0.15) is 5.56 Å². The summed E-state index contributed by atoms with van der Waals surface area (Å²) in [4.78, 5) is 20.4. The third-order valence-electron chi connectivity index (χ3n) is 4.63. The lowest BCUT2D eigenvalue weighted by atomic mass is 10.1. The van der Waals surface area contributed by atoms with Crippen LogP contribution in [-0.2, 0) is 11.2 Å². The predicted molar refractivity (Wildman–Crippen MR) is 98.1 cm³/mol. The monoisotopic (exact) mass is 366 g/mol. The molecule has 0 unspecified atom stereocenters. The fourth-order valence-corrected chi connectivity index (χ4v) is 3.09. The second-order valence-electron chi connectivity index (χ2n) is 6.39. The summed E-state index contributed by atoms with van der Waals surface area (Å²) >= 11 is 0. The van der Waals surface area contributed by atoms with Crippen LogP contribution in [0, 0.1) is 5.82 Å². The second-order valence-corrected chi connectivity index (χ2v) is 6.39. The van der Waals surface area contributed by atoms with E-state index in [1.165, 1.54) is 12.1 Å². The van der Waals surface area contributed by atoms with Gasteiger partial charge in [0.2, 0.25) is 5.91 Å². The van der Waals surface area contributed by atoms with E-state index in [0.717, 1.165) is 11.4 Å². The van der Waals surface area contributed by atoms with Gasteiger partial charge in [-0.15, -0.1) is 10.2 Å². The Morgan fingerprint density at radius 3 is 2.30 bits per heavy atom. The number of hydrogen-bond donors (Lipinski definition) is 0. The van der Waals surface area contributed by atoms with Gasteiger partial charge < -0.3 is 9.80 Å². The molecule has 0 bridgehead atoms. The molecule has 0 aliphatic carbocycles. The third kappa shape index (κ3) is 3.94. The molecule has 2 aromatic heterocycles. The molecule has 1 aliphatic heterocycles. The lowest BCUT2D eigenvalue weighted by Crippen LogP contribution is -2.49. The van der Waals surface area contributed by atoms with Crippen LogP contribution in [0.2, 0.25) is 0 Å². The third-order valence-corrected chi connectivity index (χ3v) is 4.63. The first-order valence-corrected chi connectivity index (χ1v) is 8.78. The van der Waals surface area contributed by atoms with Gasteiger partial charge in [0.1, 0.15) is 12.1 Å². The van der Waals surface area contributed by atoms with Crippen LogP contribution >= 0.6 is 0 Å². The molecule has 0 saturated carbocycles. The van der Waals surface area contributed by atoms with Crippen molar-refractivity contribution >= 4 is 11.7 Å². The van der Waals surface area contributed by atoms with Crippen LogP contribution < -0.4 is 4.90 Å². The molecule has 3 heterocycles. The Morgan fingerprint density at radius 2 is 1.67 bits per heavy atom. The van der Waals surface area contributed by atoms with E-state index < -0.39 is 0 Å². The molecule has 1 amide bonds. The van der Waals surface area contributed by atoms with E-state index in [4.69, 9.17) is 0 Å². The van der Waals surface area contributed by atoms with Crippen molar-refractivity contribution in [2.45, 2.75) is 6.42 Å². The van der Waals surface area contributed by atoms with E-state index in [1.807, 2.05) is 23.2 Å². The molecule has 4 rings (SSSR count). The topological polar surface area (TPSA) is 67.2 Å². The van der Waals surface area contributed by atoms with E-state index in [-0.39, 0.29) is 11.7 Å². The summed E-state index contributed by atoms with van der Waals surface area (Å²) in [7, 11) is 0. The quantitative estimate of drug-likeness (QED) is 0.703. The van der Waals surface area contributed by atoms with Gasteiger partial charge in [-0.05, 0) is 29.8 Å². The van der Waals surface area contributed by atoms with E-state index in [9.17, 15) is 9.18 Å². The highest BCUT2D eigenvalue weighted by Crippen LogP contribution is 2.15. The number of carbonyl (C=O) groups is 1. The lowest BCUT2D eigenvalue weighted by Gasteiger charge is -2.35. The first-order chi connectivity index (χ1) is 13.2. The van der Waals surface area contributed by atoms with Crippen LogP contribution in [0.3, 0.4) is 0 Å². The number of benzene rings is 1. The van der Waals surface area contributed by atoms with Crippen molar-refractivity contribution in [3.05, 3.63) is 66.5 Å². The number of nitrogens with zero attached hydrogens (tertiary/aromatic N) is 6. The normalized spacial score (nSPS) is 14.4. The van der Waals surface area contributed by atoms with Gasteiger partial charge in [0.15, 0.2) is 11.6 Å². The summed E-state index contributed by atoms with van der Waals surface area (Å²) in [5.41, 5.74) is 0.824. The summed E-state index contributed by atoms with van der Waals surface area (Å²) in [6, 6.07) is 9.90. The smallest absolute Gasteiger partial charge is 0.227 e. The van der Waals surface area contributed by atoms with E-state index in [2.05, 4.69) is 20.1 Å². The van der Waals surface area contributed by atoms with Crippen molar-refractivity contribution in [2.24, 2.45) is 0 Å². The highest BCUT2D eigenvalue weighted by Gasteiger charge is 2.22. The molecule has 0 spiro atoms. The number of piperazine rings is 1. The minimum Gasteiger partial charge on any atom is -0.352 e. The van der Waals surface area contributed by atoms with Crippen molar-refractivity contribution in [1.29, 1.82) is 0 Å². The van der Waals surface area contributed by atoms with Gasteiger partial charge in [-0.1, -0.05) is 12.1 Å². The van der Waals surface area contributed by atoms with Gasteiger partial charge in [0.05, 0.1) is 6.42 Å². The average molecular weight is 366 g/mol. The number of hydrogen-bond acceptors (Lipinski definition) is 5. The number of halogens is 1. The Labute approximate surface area is 156 Å². The van der Waals surface area contributed by atoms with Gasteiger partial charge >= 0.3 is 0 Å². The van der Waals surface area contributed by atoms with Crippen molar-refractivity contribution in [1.82, 2.24) is 24.6 Å². The molecule has 7 nitrogen and oxygen atoms in total. The molecule has 0 atom stereocenters. The lowest BCUT2D eigenvalue weighted by molar-refractivity contribution is -0.130. The van der Waals surface area contributed by atoms with Crippen LogP contribution in [-0.4, -0.2) is 56.7 Å². The first kappa shape index (κ1) is 17.1. The number of anilines is 1. The zero-order valence-corrected chi connectivity index (χ0v) is 14.7. The molecule has 0 N–H and O–H groups in total. The highest BCUT2D eigenvalue weighted by atomic mass is 19.1. The largest absolute Gasteiger partial charge is 0.352 e. The molecule has 1 fully saturated rings. The van der Waals surface area contributed by atoms with Crippen LogP contribution in [0.4, 0.5) is 10.2 Å². The second kappa shape index (κ2) is 7.53. The predicted octanol–water partition coefficient (Wildman–Crippen LogP) is 1.69. The minimum absolute atomic E-state index is 0.0581. The summed E-state index contributed by atoms with van der Waals surface area (Å²) in [6.45, 7) is 2.67. The Bertz CT molecular complexity index is 887. The number of aromatic nitrogens is 4. The van der Waals surface area contributed by atoms with Crippen molar-refractivity contribution < 1.29 is 9.18 Å². The Morgan fingerprint density at radius 1 is 0.963 bits per heavy atom. The molecule has 8 heteroatoms. The van der Waals surface area contributed by atoms with Crippen molar-refractivity contribution in [3.63, 3.8) is 0 Å². The summed E-state index contributed by atoms with van der Waals surface area (Å²) in [5.74, 6) is 1.27. The number of amides is 1. The fourth-order valence-electron chi connectivity index (χ4n) is 3.09. The minimum atomic E-state index is -0.292. The van der Waals surface area contributed by atoms with E-state index in [1.54, 1.807) is 29.2 Å². The van der Waals surface area contributed by atoms with Gasteiger partial charge in [-0.2, -0.15) is 0 Å². The Hall–Kier alpha value is -3.29. The van der Waals surface area contributed by atoms with Gasteiger partial charge in [-0.3, -0.25) is 9.36 Å². The summed E-state index contributed by atoms with van der Waals surface area (Å²) in [6.07, 6.45) is 5.47. The zero-order chi connectivity index (χ0) is 18.6. The van der Waals surface area contributed by atoms with Crippen molar-refractivity contribution in [2.75, 3.05) is 31.1 Å². The number of carbonyl (C=O) groups excluding carboxylic acids is 1. The molecule has 27 heavy (non-hydrogen) atoms. The van der Waals surface area contributed by atoms with Gasteiger partial charge in [0, 0.05) is 38.6 Å². The molecule has 138 valence electrons. The molecule has 1 aromatic carbocycles. The highest BCUT2D eigenvalue weighted by molar-refractivity contribution is 5.79. The van der Waals surface area contributed by atoms with Gasteiger partial charge in [-0.25, -0.2) is 9.37 Å². The maximum atomic E-state index is 13.0. The molecular formula is C19H19FN6O. The number of imidazole rings is 1. The Balaban J connectivity index is 1.33. The molecular weight excluding hydrogens is 347 g/mol. The first-order valence-electron chi connectivity index (χ1n) is 8.78. The summed E-state index contributed by atoms with van der Waals surface area (Å²) < 4.78 is 14.8. The maximum Gasteiger partial charge on any atom is 0.227 e. The van der Waals surface area contributed by atoms with Crippen LogP contribution in [0.25, 0.3) is 5.82 Å². The zero-order valence-electron chi connectivity index (χ0n) is 14.7. The standard InChI is InChI=1S/C19H19FN6O/c20-16-3-1-15(2-4-16)13-19(27)25-11-9-24(10-12-25)17-5-6-18(23-22-17)26-8-7-21-14-26/h1-8,14H,9-13H2. The van der Waals surface area contributed by atoms with Gasteiger partial charge in [0.25, 0.3) is 0 Å². The molecule has 1 saturated heterocycles. The number of rotatable bonds is 4. The van der Waals surface area contributed by atoms with Crippen molar-refractivity contribution in [3.8, 4) is 5.82 Å². The molecule has 0 radical (unpaired) electrons. The maximum absolute atomic E-state index is 13.0. The van der Waals surface area contributed by atoms with E-state index >= 15 is 0 Å². The van der Waals surface area contributed by atoms with E-state index in [0.29, 0.717) is 38.4 Å². The summed E-state index contributed by atoms with van der Waals surface area (Å²) in [5, 5.41) is 8.53. The SMILES string of the molecule is O=C(Cc1ccc(F)cc1)N1CCN(c2ccc(-n3ccnc3)nn2)CC1. The van der Waals surface area contributed by atoms with Crippen LogP contribution in [0.15, 0.2) is 55.1 Å². The van der Waals surface area contributed by atoms with Crippen LogP contribution in [0.5, 0.6) is 0 Å². The molecule has 3 aromatic rings. The fraction of sp³-hybridized carbons (Fsp3) is 0.263.